The smallest absolute Gasteiger partial charge is 0.0453 e. The second-order valence-electron chi connectivity index (χ2n) is 5.78. The van der Waals surface area contributed by atoms with E-state index in [1.165, 1.54) is 25.7 Å². The Labute approximate surface area is 120 Å². The molecule has 0 heterocycles. The van der Waals surface area contributed by atoms with Gasteiger partial charge in [0.15, 0.2) is 0 Å². The Morgan fingerprint density at radius 2 is 2.00 bits per heavy atom. The highest BCUT2D eigenvalue weighted by Crippen LogP contribution is 2.43. The Morgan fingerprint density at radius 1 is 1.33 bits per heavy atom. The molecular formula is C15H21Cl2N. The van der Waals surface area contributed by atoms with Gasteiger partial charge in [-0.05, 0) is 54.8 Å². The van der Waals surface area contributed by atoms with Crippen molar-refractivity contribution in [1.82, 2.24) is 0 Å². The summed E-state index contributed by atoms with van der Waals surface area (Å²) in [5.41, 5.74) is 7.32. The van der Waals surface area contributed by atoms with Crippen LogP contribution in [0.4, 0.5) is 0 Å². The van der Waals surface area contributed by atoms with E-state index in [9.17, 15) is 0 Å². The molecule has 0 amide bonds. The lowest BCUT2D eigenvalue weighted by Gasteiger charge is -2.39. The first-order valence-electron chi connectivity index (χ1n) is 6.69. The summed E-state index contributed by atoms with van der Waals surface area (Å²) in [6.45, 7) is 3.04. The molecular weight excluding hydrogens is 265 g/mol. The Morgan fingerprint density at radius 3 is 2.56 bits per heavy atom. The molecule has 1 aromatic carbocycles. The molecule has 0 bridgehead atoms. The van der Waals surface area contributed by atoms with Crippen LogP contribution in [0.15, 0.2) is 18.2 Å². The van der Waals surface area contributed by atoms with E-state index < -0.39 is 0 Å². The van der Waals surface area contributed by atoms with Gasteiger partial charge in [0.25, 0.3) is 0 Å². The molecule has 2 rings (SSSR count). The molecule has 18 heavy (non-hydrogen) atoms. The third-order valence-electron chi connectivity index (χ3n) is 4.23. The molecule has 1 aliphatic rings. The van der Waals surface area contributed by atoms with Gasteiger partial charge in [-0.3, -0.25) is 0 Å². The van der Waals surface area contributed by atoms with E-state index >= 15 is 0 Å². The largest absolute Gasteiger partial charge is 0.330 e. The minimum absolute atomic E-state index is 0.187. The van der Waals surface area contributed by atoms with E-state index in [0.717, 1.165) is 34.5 Å². The second kappa shape index (κ2) is 5.81. The van der Waals surface area contributed by atoms with Crippen LogP contribution >= 0.6 is 23.2 Å². The Bertz CT molecular complexity index is 399. The summed E-state index contributed by atoms with van der Waals surface area (Å²) in [7, 11) is 0. The summed E-state index contributed by atoms with van der Waals surface area (Å²) < 4.78 is 0. The average molecular weight is 286 g/mol. The molecule has 1 fully saturated rings. The molecule has 0 radical (unpaired) electrons. The Balaban J connectivity index is 2.24. The molecule has 2 N–H and O–H groups in total. The minimum Gasteiger partial charge on any atom is -0.330 e. The number of benzene rings is 1. The van der Waals surface area contributed by atoms with Gasteiger partial charge in [-0.15, -0.1) is 0 Å². The molecule has 1 aromatic rings. The number of hydrogen-bond donors (Lipinski definition) is 1. The van der Waals surface area contributed by atoms with Gasteiger partial charge in [-0.1, -0.05) is 49.0 Å². The van der Waals surface area contributed by atoms with Crippen molar-refractivity contribution >= 4 is 23.2 Å². The lowest BCUT2D eigenvalue weighted by atomic mass is 9.67. The van der Waals surface area contributed by atoms with Gasteiger partial charge in [0.1, 0.15) is 0 Å². The van der Waals surface area contributed by atoms with Crippen LogP contribution in [-0.4, -0.2) is 6.54 Å². The zero-order valence-corrected chi connectivity index (χ0v) is 12.4. The van der Waals surface area contributed by atoms with Crippen LogP contribution in [0.2, 0.25) is 10.0 Å². The van der Waals surface area contributed by atoms with Gasteiger partial charge in [-0.25, -0.2) is 0 Å². The summed E-state index contributed by atoms with van der Waals surface area (Å²) in [4.78, 5) is 0. The summed E-state index contributed by atoms with van der Waals surface area (Å²) in [5.74, 6) is 0.753. The van der Waals surface area contributed by atoms with Gasteiger partial charge in [0.2, 0.25) is 0 Å². The molecule has 0 spiro atoms. The summed E-state index contributed by atoms with van der Waals surface area (Å²) >= 11 is 12.6. The van der Waals surface area contributed by atoms with Gasteiger partial charge >= 0.3 is 0 Å². The van der Waals surface area contributed by atoms with Crippen molar-refractivity contribution in [3.63, 3.8) is 0 Å². The lowest BCUT2D eigenvalue weighted by Crippen LogP contribution is -2.37. The quantitative estimate of drug-likeness (QED) is 0.857. The molecule has 0 aliphatic heterocycles. The molecule has 100 valence electrons. The predicted octanol–water partition coefficient (Wildman–Crippen LogP) is 4.69. The molecule has 2 unspecified atom stereocenters. The van der Waals surface area contributed by atoms with Gasteiger partial charge in [-0.2, -0.15) is 0 Å². The van der Waals surface area contributed by atoms with Crippen molar-refractivity contribution in [1.29, 1.82) is 0 Å². The average Bonchev–Trinajstić information content (AvgIpc) is 2.34. The Kier molecular flexibility index (Phi) is 4.58. The zero-order chi connectivity index (χ0) is 13.2. The molecule has 1 aliphatic carbocycles. The maximum absolute atomic E-state index is 6.28. The fourth-order valence-corrected chi connectivity index (χ4v) is 3.79. The van der Waals surface area contributed by atoms with Crippen LogP contribution in [0.3, 0.4) is 0 Å². The first kappa shape index (κ1) is 14.2. The number of halogens is 2. The first-order chi connectivity index (χ1) is 8.56. The topological polar surface area (TPSA) is 26.0 Å². The monoisotopic (exact) mass is 285 g/mol. The summed E-state index contributed by atoms with van der Waals surface area (Å²) in [5, 5.41) is 1.54. The van der Waals surface area contributed by atoms with Gasteiger partial charge in [0.05, 0.1) is 0 Å². The third-order valence-corrected chi connectivity index (χ3v) is 4.94. The van der Waals surface area contributed by atoms with E-state index in [1.807, 2.05) is 18.2 Å². The molecule has 1 saturated carbocycles. The SMILES string of the molecule is CC1CCCC(CN)(Cc2c(Cl)cccc2Cl)C1. The van der Waals surface area contributed by atoms with E-state index in [1.54, 1.807) is 0 Å². The fourth-order valence-electron chi connectivity index (χ4n) is 3.26. The molecule has 3 heteroatoms. The maximum atomic E-state index is 6.28. The van der Waals surface area contributed by atoms with E-state index in [0.29, 0.717) is 0 Å². The number of hydrogen-bond acceptors (Lipinski definition) is 1. The zero-order valence-electron chi connectivity index (χ0n) is 10.9. The van der Waals surface area contributed by atoms with Crippen LogP contribution in [0.25, 0.3) is 0 Å². The van der Waals surface area contributed by atoms with Crippen LogP contribution in [0, 0.1) is 11.3 Å². The predicted molar refractivity (Wildman–Crippen MR) is 79.3 cm³/mol. The summed E-state index contributed by atoms with van der Waals surface area (Å²) in [6.07, 6.45) is 5.87. The highest BCUT2D eigenvalue weighted by Gasteiger charge is 2.34. The molecule has 0 aromatic heterocycles. The van der Waals surface area contributed by atoms with Crippen molar-refractivity contribution < 1.29 is 0 Å². The van der Waals surface area contributed by atoms with Crippen molar-refractivity contribution in [2.75, 3.05) is 6.54 Å². The first-order valence-corrected chi connectivity index (χ1v) is 7.45. The van der Waals surface area contributed by atoms with Gasteiger partial charge < -0.3 is 5.73 Å². The molecule has 1 nitrogen and oxygen atoms in total. The number of nitrogens with two attached hydrogens (primary N) is 1. The lowest BCUT2D eigenvalue weighted by molar-refractivity contribution is 0.154. The third kappa shape index (κ3) is 3.01. The van der Waals surface area contributed by atoms with Crippen LogP contribution < -0.4 is 5.73 Å². The normalized spacial score (nSPS) is 28.3. The standard InChI is InChI=1S/C15H21Cl2N/c1-11-4-3-7-15(8-11,10-18)9-12-13(16)5-2-6-14(12)17/h2,5-6,11H,3-4,7-10,18H2,1H3. The van der Waals surface area contributed by atoms with E-state index in [-0.39, 0.29) is 5.41 Å². The fraction of sp³-hybridized carbons (Fsp3) is 0.600. The van der Waals surface area contributed by atoms with Crippen LogP contribution in [0.5, 0.6) is 0 Å². The van der Waals surface area contributed by atoms with E-state index in [2.05, 4.69) is 6.92 Å². The minimum atomic E-state index is 0.187. The van der Waals surface area contributed by atoms with Crippen LogP contribution in [0.1, 0.15) is 38.2 Å². The highest BCUT2D eigenvalue weighted by molar-refractivity contribution is 6.36. The molecule has 2 atom stereocenters. The van der Waals surface area contributed by atoms with Crippen molar-refractivity contribution in [3.05, 3.63) is 33.8 Å². The maximum Gasteiger partial charge on any atom is 0.0453 e. The highest BCUT2D eigenvalue weighted by atomic mass is 35.5. The van der Waals surface area contributed by atoms with Crippen molar-refractivity contribution in [2.24, 2.45) is 17.1 Å². The van der Waals surface area contributed by atoms with Crippen LogP contribution in [-0.2, 0) is 6.42 Å². The van der Waals surface area contributed by atoms with E-state index in [4.69, 9.17) is 28.9 Å². The van der Waals surface area contributed by atoms with Crippen molar-refractivity contribution in [2.45, 2.75) is 39.0 Å². The van der Waals surface area contributed by atoms with Crippen molar-refractivity contribution in [3.8, 4) is 0 Å². The summed E-state index contributed by atoms with van der Waals surface area (Å²) in [6, 6.07) is 5.73. The second-order valence-corrected chi connectivity index (χ2v) is 6.60. The Hall–Kier alpha value is -0.240. The molecule has 0 saturated heterocycles. The number of rotatable bonds is 3. The van der Waals surface area contributed by atoms with Gasteiger partial charge in [0, 0.05) is 10.0 Å².